The first-order valence-corrected chi connectivity index (χ1v) is 8.15. The van der Waals surface area contributed by atoms with Gasteiger partial charge in [-0.15, -0.1) is 0 Å². The normalized spacial score (nSPS) is 17.1. The van der Waals surface area contributed by atoms with Gasteiger partial charge in [0.15, 0.2) is 10.4 Å². The molecule has 102 valence electrons. The molecule has 1 N–H and O–H groups in total. The molecule has 6 heteroatoms. The predicted octanol–water partition coefficient (Wildman–Crippen LogP) is 2.45. The van der Waals surface area contributed by atoms with Crippen LogP contribution in [0, 0.1) is 11.7 Å². The Balaban J connectivity index is 1.80. The van der Waals surface area contributed by atoms with E-state index in [1.54, 1.807) is 0 Å². The number of nitrogens with one attached hydrogen (secondary N) is 1. The molecule has 19 heavy (non-hydrogen) atoms. The van der Waals surface area contributed by atoms with Gasteiger partial charge in [-0.05, 0) is 30.8 Å². The van der Waals surface area contributed by atoms with E-state index in [1.165, 1.54) is 24.6 Å². The van der Waals surface area contributed by atoms with Gasteiger partial charge >= 0.3 is 0 Å². The second kappa shape index (κ2) is 5.64. The lowest BCUT2D eigenvalue weighted by molar-refractivity contribution is 0.290. The molecular weight excluding hydrogens is 276 g/mol. The van der Waals surface area contributed by atoms with Crippen molar-refractivity contribution < 1.29 is 0 Å². The SMILES string of the molecule is Cc1cnc2c(c1)[nH]c(=S)n2CCN1CCSCC1. The lowest BCUT2D eigenvalue weighted by Crippen LogP contribution is -2.35. The number of rotatable bonds is 3. The maximum absolute atomic E-state index is 5.41. The summed E-state index contributed by atoms with van der Waals surface area (Å²) < 4.78 is 2.89. The number of aryl methyl sites for hydroxylation is 1. The minimum Gasteiger partial charge on any atom is -0.329 e. The largest absolute Gasteiger partial charge is 0.329 e. The molecule has 0 aromatic carbocycles. The van der Waals surface area contributed by atoms with Crippen molar-refractivity contribution in [1.29, 1.82) is 0 Å². The standard InChI is InChI=1S/C13H18N4S2/c1-10-8-11-12(14-9-10)17(13(18)15-11)3-2-16-4-6-19-7-5-16/h8-9H,2-7H2,1H3,(H,15,18). The molecule has 0 unspecified atom stereocenters. The fraction of sp³-hybridized carbons (Fsp3) is 0.538. The zero-order valence-corrected chi connectivity index (χ0v) is 12.7. The summed E-state index contributed by atoms with van der Waals surface area (Å²) in [4.78, 5) is 10.3. The summed E-state index contributed by atoms with van der Waals surface area (Å²) in [5, 5.41) is 0. The highest BCUT2D eigenvalue weighted by atomic mass is 32.2. The number of nitrogens with zero attached hydrogens (tertiary/aromatic N) is 3. The van der Waals surface area contributed by atoms with Gasteiger partial charge in [-0.2, -0.15) is 11.8 Å². The number of pyridine rings is 1. The third kappa shape index (κ3) is 2.85. The smallest absolute Gasteiger partial charge is 0.179 e. The van der Waals surface area contributed by atoms with E-state index in [9.17, 15) is 0 Å². The number of imidazole rings is 1. The Bertz CT molecular complexity index is 625. The van der Waals surface area contributed by atoms with Crippen molar-refractivity contribution in [3.8, 4) is 0 Å². The van der Waals surface area contributed by atoms with E-state index in [0.717, 1.165) is 34.6 Å². The zero-order chi connectivity index (χ0) is 13.2. The highest BCUT2D eigenvalue weighted by Crippen LogP contribution is 2.14. The van der Waals surface area contributed by atoms with Crippen LogP contribution < -0.4 is 0 Å². The van der Waals surface area contributed by atoms with Crippen LogP contribution in [-0.2, 0) is 6.54 Å². The fourth-order valence-electron chi connectivity index (χ4n) is 2.42. The molecule has 0 bridgehead atoms. The monoisotopic (exact) mass is 294 g/mol. The minimum absolute atomic E-state index is 0.777. The molecule has 1 aliphatic heterocycles. The third-order valence-electron chi connectivity index (χ3n) is 3.49. The Morgan fingerprint density at radius 2 is 2.16 bits per heavy atom. The van der Waals surface area contributed by atoms with E-state index in [-0.39, 0.29) is 0 Å². The van der Waals surface area contributed by atoms with Crippen molar-refractivity contribution in [3.05, 3.63) is 22.6 Å². The predicted molar refractivity (Wildman–Crippen MR) is 83.4 cm³/mol. The maximum Gasteiger partial charge on any atom is 0.179 e. The summed E-state index contributed by atoms with van der Waals surface area (Å²) in [5.74, 6) is 2.49. The van der Waals surface area contributed by atoms with Crippen LogP contribution in [0.3, 0.4) is 0 Å². The molecule has 1 fully saturated rings. The summed E-state index contributed by atoms with van der Waals surface area (Å²) in [6.45, 7) is 6.39. The molecule has 0 saturated carbocycles. The maximum atomic E-state index is 5.41. The number of thioether (sulfide) groups is 1. The lowest BCUT2D eigenvalue weighted by Gasteiger charge is -2.26. The number of fused-ring (bicyclic) bond motifs is 1. The van der Waals surface area contributed by atoms with E-state index in [1.807, 2.05) is 24.9 Å². The molecule has 2 aromatic heterocycles. The van der Waals surface area contributed by atoms with Gasteiger partial charge in [-0.3, -0.25) is 4.90 Å². The van der Waals surface area contributed by atoms with Gasteiger partial charge in [0.05, 0.1) is 5.52 Å². The number of hydrogen-bond donors (Lipinski definition) is 1. The van der Waals surface area contributed by atoms with Gasteiger partial charge in [0.1, 0.15) is 0 Å². The van der Waals surface area contributed by atoms with Crippen LogP contribution in [-0.4, -0.2) is 50.6 Å². The van der Waals surface area contributed by atoms with Gasteiger partial charge < -0.3 is 9.55 Å². The van der Waals surface area contributed by atoms with Crippen LogP contribution in [0.15, 0.2) is 12.3 Å². The van der Waals surface area contributed by atoms with Crippen molar-refractivity contribution in [1.82, 2.24) is 19.4 Å². The zero-order valence-electron chi connectivity index (χ0n) is 11.1. The quantitative estimate of drug-likeness (QED) is 0.882. The van der Waals surface area contributed by atoms with Crippen molar-refractivity contribution in [2.24, 2.45) is 0 Å². The third-order valence-corrected chi connectivity index (χ3v) is 4.75. The average molecular weight is 294 g/mol. The summed E-state index contributed by atoms with van der Waals surface area (Å²) >= 11 is 7.45. The van der Waals surface area contributed by atoms with Crippen LogP contribution in [0.5, 0.6) is 0 Å². The van der Waals surface area contributed by atoms with Gasteiger partial charge in [0.2, 0.25) is 0 Å². The molecule has 3 rings (SSSR count). The van der Waals surface area contributed by atoms with E-state index >= 15 is 0 Å². The highest BCUT2D eigenvalue weighted by molar-refractivity contribution is 7.99. The molecule has 4 nitrogen and oxygen atoms in total. The second-order valence-corrected chi connectivity index (χ2v) is 6.53. The summed E-state index contributed by atoms with van der Waals surface area (Å²) in [6, 6.07) is 2.10. The minimum atomic E-state index is 0.777. The number of aromatic nitrogens is 3. The Kier molecular flexibility index (Phi) is 3.91. The molecule has 0 spiro atoms. The van der Waals surface area contributed by atoms with Crippen LogP contribution >= 0.6 is 24.0 Å². The summed E-state index contributed by atoms with van der Waals surface area (Å²) in [7, 11) is 0. The summed E-state index contributed by atoms with van der Waals surface area (Å²) in [6.07, 6.45) is 1.90. The van der Waals surface area contributed by atoms with Crippen molar-refractivity contribution in [2.75, 3.05) is 31.1 Å². The van der Waals surface area contributed by atoms with Crippen LogP contribution in [0.2, 0.25) is 0 Å². The van der Waals surface area contributed by atoms with E-state index < -0.39 is 0 Å². The van der Waals surface area contributed by atoms with Crippen LogP contribution in [0.25, 0.3) is 11.2 Å². The molecule has 1 aliphatic rings. The fourth-order valence-corrected chi connectivity index (χ4v) is 3.69. The number of H-pyrrole nitrogens is 1. The number of aromatic amines is 1. The Morgan fingerprint density at radius 1 is 1.37 bits per heavy atom. The Morgan fingerprint density at radius 3 is 2.95 bits per heavy atom. The number of hydrogen-bond acceptors (Lipinski definition) is 4. The summed E-state index contributed by atoms with van der Waals surface area (Å²) in [5.41, 5.74) is 3.17. The molecule has 0 radical (unpaired) electrons. The van der Waals surface area contributed by atoms with Crippen LogP contribution in [0.1, 0.15) is 5.56 Å². The van der Waals surface area contributed by atoms with Gasteiger partial charge in [0.25, 0.3) is 0 Å². The molecule has 3 heterocycles. The molecule has 0 atom stereocenters. The van der Waals surface area contributed by atoms with E-state index in [0.29, 0.717) is 0 Å². The van der Waals surface area contributed by atoms with Gasteiger partial charge in [0, 0.05) is 43.9 Å². The lowest BCUT2D eigenvalue weighted by atomic mass is 10.3. The molecule has 0 aliphatic carbocycles. The van der Waals surface area contributed by atoms with E-state index in [2.05, 4.69) is 25.5 Å². The first-order chi connectivity index (χ1) is 9.24. The molecular formula is C13H18N4S2. The van der Waals surface area contributed by atoms with Crippen LogP contribution in [0.4, 0.5) is 0 Å². The highest BCUT2D eigenvalue weighted by Gasteiger charge is 2.12. The Hall–Kier alpha value is -0.850. The molecule has 1 saturated heterocycles. The first kappa shape index (κ1) is 13.1. The topological polar surface area (TPSA) is 36.9 Å². The van der Waals surface area contributed by atoms with Gasteiger partial charge in [-0.25, -0.2) is 4.98 Å². The Labute approximate surface area is 122 Å². The van der Waals surface area contributed by atoms with Crippen molar-refractivity contribution in [3.63, 3.8) is 0 Å². The van der Waals surface area contributed by atoms with E-state index in [4.69, 9.17) is 12.2 Å². The van der Waals surface area contributed by atoms with Crippen molar-refractivity contribution >= 4 is 35.1 Å². The first-order valence-electron chi connectivity index (χ1n) is 6.59. The molecule has 0 amide bonds. The van der Waals surface area contributed by atoms with Gasteiger partial charge in [-0.1, -0.05) is 0 Å². The molecule has 2 aromatic rings. The average Bonchev–Trinajstić information content (AvgIpc) is 2.72. The second-order valence-electron chi connectivity index (χ2n) is 4.92. The van der Waals surface area contributed by atoms with Crippen molar-refractivity contribution in [2.45, 2.75) is 13.5 Å².